The highest BCUT2D eigenvalue weighted by Crippen LogP contribution is 2.12. The van der Waals surface area contributed by atoms with E-state index in [1.807, 2.05) is 19.9 Å². The molecule has 2 rings (SSSR count). The standard InChI is InChI=1S/C16H22N4O2/c1-3-12(4-2)15(21)11-18-16(22)14-10-13(6-8-17-14)20-9-5-7-19-20/h5-10,12,15,21H,3-4,11H2,1-2H3,(H,18,22). The second kappa shape index (κ2) is 7.70. The van der Waals surface area contributed by atoms with E-state index in [-0.39, 0.29) is 18.4 Å². The van der Waals surface area contributed by atoms with E-state index < -0.39 is 6.10 Å². The van der Waals surface area contributed by atoms with Gasteiger partial charge in [0.25, 0.3) is 5.91 Å². The number of carbonyl (C=O) groups is 1. The van der Waals surface area contributed by atoms with E-state index in [4.69, 9.17) is 0 Å². The van der Waals surface area contributed by atoms with Crippen molar-refractivity contribution in [2.24, 2.45) is 5.92 Å². The van der Waals surface area contributed by atoms with Gasteiger partial charge in [-0.1, -0.05) is 26.7 Å². The number of aliphatic hydroxyl groups excluding tert-OH is 1. The van der Waals surface area contributed by atoms with Crippen LogP contribution in [0, 0.1) is 5.92 Å². The lowest BCUT2D eigenvalue weighted by atomic mass is 9.96. The molecular weight excluding hydrogens is 280 g/mol. The molecule has 0 fully saturated rings. The van der Waals surface area contributed by atoms with E-state index in [1.54, 1.807) is 35.4 Å². The molecule has 1 unspecified atom stereocenters. The molecule has 0 bridgehead atoms. The lowest BCUT2D eigenvalue weighted by molar-refractivity contribution is 0.0813. The molecule has 118 valence electrons. The van der Waals surface area contributed by atoms with Crippen molar-refractivity contribution >= 4 is 5.91 Å². The molecule has 6 heteroatoms. The number of hydrogen-bond acceptors (Lipinski definition) is 4. The van der Waals surface area contributed by atoms with Crippen LogP contribution in [0.15, 0.2) is 36.8 Å². The van der Waals surface area contributed by atoms with Gasteiger partial charge in [0.15, 0.2) is 0 Å². The number of amides is 1. The highest BCUT2D eigenvalue weighted by atomic mass is 16.3. The van der Waals surface area contributed by atoms with E-state index in [1.165, 1.54) is 0 Å². The monoisotopic (exact) mass is 302 g/mol. The molecule has 0 radical (unpaired) electrons. The highest BCUT2D eigenvalue weighted by molar-refractivity contribution is 5.92. The maximum atomic E-state index is 12.2. The third-order valence-corrected chi connectivity index (χ3v) is 3.81. The van der Waals surface area contributed by atoms with Crippen molar-refractivity contribution in [2.75, 3.05) is 6.54 Å². The summed E-state index contributed by atoms with van der Waals surface area (Å²) in [5.74, 6) is -0.0947. The Hall–Kier alpha value is -2.21. The summed E-state index contributed by atoms with van der Waals surface area (Å²) in [6.45, 7) is 4.31. The summed E-state index contributed by atoms with van der Waals surface area (Å²) in [6.07, 6.45) is 6.29. The molecule has 2 aromatic heterocycles. The fourth-order valence-corrected chi connectivity index (χ4v) is 2.39. The van der Waals surface area contributed by atoms with Crippen molar-refractivity contribution in [3.8, 4) is 5.69 Å². The Morgan fingerprint density at radius 2 is 2.14 bits per heavy atom. The third kappa shape index (κ3) is 3.92. The first-order valence-corrected chi connectivity index (χ1v) is 7.58. The van der Waals surface area contributed by atoms with Crippen LogP contribution < -0.4 is 5.32 Å². The Bertz CT molecular complexity index is 594. The number of hydrogen-bond donors (Lipinski definition) is 2. The summed E-state index contributed by atoms with van der Waals surface area (Å²) in [5.41, 5.74) is 1.08. The van der Waals surface area contributed by atoms with Crippen LogP contribution >= 0.6 is 0 Å². The summed E-state index contributed by atoms with van der Waals surface area (Å²) in [5, 5.41) is 16.9. The second-order valence-corrected chi connectivity index (χ2v) is 5.20. The molecule has 0 saturated heterocycles. The summed E-state index contributed by atoms with van der Waals surface area (Å²) in [4.78, 5) is 16.2. The number of nitrogens with zero attached hydrogens (tertiary/aromatic N) is 3. The number of pyridine rings is 1. The Labute approximate surface area is 130 Å². The van der Waals surface area contributed by atoms with E-state index in [0.717, 1.165) is 18.5 Å². The Morgan fingerprint density at radius 3 is 2.77 bits per heavy atom. The second-order valence-electron chi connectivity index (χ2n) is 5.20. The van der Waals surface area contributed by atoms with Gasteiger partial charge in [-0.15, -0.1) is 0 Å². The van der Waals surface area contributed by atoms with Gasteiger partial charge < -0.3 is 10.4 Å². The van der Waals surface area contributed by atoms with Crippen molar-refractivity contribution in [1.82, 2.24) is 20.1 Å². The Morgan fingerprint density at radius 1 is 1.36 bits per heavy atom. The molecule has 0 aliphatic heterocycles. The molecule has 2 N–H and O–H groups in total. The van der Waals surface area contributed by atoms with Gasteiger partial charge in [0.2, 0.25) is 0 Å². The predicted octanol–water partition coefficient (Wildman–Crippen LogP) is 1.79. The molecule has 2 aromatic rings. The number of carbonyl (C=O) groups excluding carboxylic acids is 1. The maximum absolute atomic E-state index is 12.2. The molecule has 0 aromatic carbocycles. The smallest absolute Gasteiger partial charge is 0.270 e. The average molecular weight is 302 g/mol. The van der Waals surface area contributed by atoms with Crippen molar-refractivity contribution in [2.45, 2.75) is 32.8 Å². The van der Waals surface area contributed by atoms with Crippen LogP contribution in [-0.2, 0) is 0 Å². The first kappa shape index (κ1) is 16.2. The van der Waals surface area contributed by atoms with Crippen molar-refractivity contribution in [1.29, 1.82) is 0 Å². The van der Waals surface area contributed by atoms with Crippen LogP contribution in [0.1, 0.15) is 37.2 Å². The van der Waals surface area contributed by atoms with Crippen molar-refractivity contribution < 1.29 is 9.90 Å². The normalized spacial score (nSPS) is 12.4. The highest BCUT2D eigenvalue weighted by Gasteiger charge is 2.17. The van der Waals surface area contributed by atoms with E-state index >= 15 is 0 Å². The minimum Gasteiger partial charge on any atom is -0.391 e. The van der Waals surface area contributed by atoms with Crippen molar-refractivity contribution in [3.63, 3.8) is 0 Å². The van der Waals surface area contributed by atoms with Gasteiger partial charge in [0.05, 0.1) is 11.8 Å². The van der Waals surface area contributed by atoms with Gasteiger partial charge in [0.1, 0.15) is 5.69 Å². The Kier molecular flexibility index (Phi) is 5.66. The van der Waals surface area contributed by atoms with Crippen LogP contribution in [-0.4, -0.2) is 38.4 Å². The zero-order valence-electron chi connectivity index (χ0n) is 12.9. The SMILES string of the molecule is CCC(CC)C(O)CNC(=O)c1cc(-n2cccn2)ccn1. The molecule has 0 aliphatic carbocycles. The van der Waals surface area contributed by atoms with E-state index in [2.05, 4.69) is 15.4 Å². The summed E-state index contributed by atoms with van der Waals surface area (Å²) in [6, 6.07) is 5.26. The van der Waals surface area contributed by atoms with Gasteiger partial charge in [-0.05, 0) is 24.1 Å². The average Bonchev–Trinajstić information content (AvgIpc) is 3.08. The predicted molar refractivity (Wildman–Crippen MR) is 83.8 cm³/mol. The summed E-state index contributed by atoms with van der Waals surface area (Å²) >= 11 is 0. The lowest BCUT2D eigenvalue weighted by Crippen LogP contribution is -2.36. The zero-order chi connectivity index (χ0) is 15.9. The zero-order valence-corrected chi connectivity index (χ0v) is 12.9. The molecule has 1 amide bonds. The fraction of sp³-hybridized carbons (Fsp3) is 0.438. The molecule has 2 heterocycles. The third-order valence-electron chi connectivity index (χ3n) is 3.81. The van der Waals surface area contributed by atoms with Gasteiger partial charge in [-0.3, -0.25) is 9.78 Å². The first-order chi connectivity index (χ1) is 10.7. The van der Waals surface area contributed by atoms with Crippen LogP contribution in [0.4, 0.5) is 0 Å². The lowest BCUT2D eigenvalue weighted by Gasteiger charge is -2.20. The summed E-state index contributed by atoms with van der Waals surface area (Å²) < 4.78 is 1.66. The van der Waals surface area contributed by atoms with Crippen LogP contribution in [0.2, 0.25) is 0 Å². The topological polar surface area (TPSA) is 80.0 Å². The Balaban J connectivity index is 2.00. The summed E-state index contributed by atoms with van der Waals surface area (Å²) in [7, 11) is 0. The quantitative estimate of drug-likeness (QED) is 0.817. The molecule has 1 atom stereocenters. The first-order valence-electron chi connectivity index (χ1n) is 7.58. The number of rotatable bonds is 7. The molecule has 22 heavy (non-hydrogen) atoms. The van der Waals surface area contributed by atoms with E-state index in [0.29, 0.717) is 5.69 Å². The fourth-order valence-electron chi connectivity index (χ4n) is 2.39. The van der Waals surface area contributed by atoms with Gasteiger partial charge in [0, 0.05) is 25.1 Å². The number of aromatic nitrogens is 3. The molecular formula is C16H22N4O2. The molecule has 6 nitrogen and oxygen atoms in total. The van der Waals surface area contributed by atoms with Gasteiger partial charge in [-0.2, -0.15) is 5.10 Å². The molecule has 0 saturated carbocycles. The van der Waals surface area contributed by atoms with Crippen LogP contribution in [0.25, 0.3) is 5.69 Å². The number of nitrogens with one attached hydrogen (secondary N) is 1. The molecule has 0 aliphatic rings. The van der Waals surface area contributed by atoms with E-state index in [9.17, 15) is 9.90 Å². The molecule has 0 spiro atoms. The largest absolute Gasteiger partial charge is 0.391 e. The maximum Gasteiger partial charge on any atom is 0.270 e. The minimum atomic E-state index is -0.534. The number of aliphatic hydroxyl groups is 1. The van der Waals surface area contributed by atoms with Crippen LogP contribution in [0.5, 0.6) is 0 Å². The van der Waals surface area contributed by atoms with Gasteiger partial charge >= 0.3 is 0 Å². The van der Waals surface area contributed by atoms with Gasteiger partial charge in [-0.25, -0.2) is 4.68 Å². The van der Waals surface area contributed by atoms with Crippen LogP contribution in [0.3, 0.4) is 0 Å². The van der Waals surface area contributed by atoms with Crippen molar-refractivity contribution in [3.05, 3.63) is 42.5 Å². The minimum absolute atomic E-state index is 0.198.